The van der Waals surface area contributed by atoms with Gasteiger partial charge in [0.2, 0.25) is 0 Å². The van der Waals surface area contributed by atoms with Crippen molar-refractivity contribution in [1.29, 1.82) is 0 Å². The van der Waals surface area contributed by atoms with Gasteiger partial charge in [-0.15, -0.1) is 0 Å². The van der Waals surface area contributed by atoms with E-state index >= 15 is 0 Å². The predicted molar refractivity (Wildman–Crippen MR) is 135 cm³/mol. The number of alkyl halides is 3. The average Bonchev–Trinajstić information content (AvgIpc) is 3.33. The first-order valence-electron chi connectivity index (χ1n) is 12.0. The smallest absolute Gasteiger partial charge is 0.322 e. The van der Waals surface area contributed by atoms with Gasteiger partial charge in [0.1, 0.15) is 0 Å². The van der Waals surface area contributed by atoms with Gasteiger partial charge in [-0.2, -0.15) is 18.3 Å². The van der Waals surface area contributed by atoms with Crippen molar-refractivity contribution in [1.82, 2.24) is 24.4 Å². The number of benzene rings is 2. The molecule has 0 bridgehead atoms. The van der Waals surface area contributed by atoms with Crippen LogP contribution < -0.4 is 5.32 Å². The van der Waals surface area contributed by atoms with Crippen LogP contribution in [-0.4, -0.2) is 63.5 Å². The second-order valence-corrected chi connectivity index (χ2v) is 9.46. The lowest BCUT2D eigenvalue weighted by atomic mass is 9.99. The first-order chi connectivity index (χ1) is 17.7. The molecule has 1 saturated heterocycles. The average molecular weight is 509 g/mol. The van der Waals surface area contributed by atoms with E-state index in [4.69, 9.17) is 0 Å². The van der Waals surface area contributed by atoms with Crippen LogP contribution in [0.5, 0.6) is 0 Å². The highest BCUT2D eigenvalue weighted by Crippen LogP contribution is 2.33. The van der Waals surface area contributed by atoms with E-state index in [1.807, 2.05) is 26.2 Å². The molecular weight excluding hydrogens is 481 g/mol. The third kappa shape index (κ3) is 5.65. The van der Waals surface area contributed by atoms with Gasteiger partial charge in [-0.25, -0.2) is 9.50 Å². The Bertz CT molecular complexity index is 1440. The lowest BCUT2D eigenvalue weighted by Crippen LogP contribution is -2.43. The summed E-state index contributed by atoms with van der Waals surface area (Å²) in [5.41, 5.74) is 3.38. The van der Waals surface area contributed by atoms with Gasteiger partial charge in [0, 0.05) is 68.0 Å². The van der Waals surface area contributed by atoms with Crippen LogP contribution in [0.4, 0.5) is 18.9 Å². The molecular formula is C27H27F3N6O. The van der Waals surface area contributed by atoms with E-state index in [2.05, 4.69) is 25.2 Å². The Morgan fingerprint density at radius 2 is 1.84 bits per heavy atom. The Balaban J connectivity index is 1.40. The van der Waals surface area contributed by atoms with Crippen LogP contribution in [0.25, 0.3) is 16.8 Å². The van der Waals surface area contributed by atoms with Gasteiger partial charge in [-0.3, -0.25) is 9.69 Å². The molecule has 0 atom stereocenters. The number of halogens is 3. The van der Waals surface area contributed by atoms with Crippen LogP contribution in [0.1, 0.15) is 27.0 Å². The normalized spacial score (nSPS) is 15.3. The van der Waals surface area contributed by atoms with Crippen LogP contribution in [0, 0.1) is 6.92 Å². The number of carbonyl (C=O) groups excluding carboxylic acids is 1. The van der Waals surface area contributed by atoms with Gasteiger partial charge in [0.25, 0.3) is 5.91 Å². The molecule has 0 radical (unpaired) electrons. The number of anilines is 1. The highest BCUT2D eigenvalue weighted by molar-refractivity contribution is 6.05. The Morgan fingerprint density at radius 3 is 2.59 bits per heavy atom. The van der Waals surface area contributed by atoms with Crippen molar-refractivity contribution in [3.8, 4) is 11.1 Å². The molecule has 1 aliphatic rings. The van der Waals surface area contributed by atoms with E-state index in [1.165, 1.54) is 0 Å². The number of rotatable bonds is 5. The minimum atomic E-state index is -4.52. The molecule has 7 nitrogen and oxygen atoms in total. The zero-order valence-electron chi connectivity index (χ0n) is 20.6. The van der Waals surface area contributed by atoms with Gasteiger partial charge < -0.3 is 10.2 Å². The highest BCUT2D eigenvalue weighted by Gasteiger charge is 2.31. The Kier molecular flexibility index (Phi) is 6.70. The maximum Gasteiger partial charge on any atom is 0.416 e. The number of hydrogen-bond donors (Lipinski definition) is 1. The predicted octanol–water partition coefficient (Wildman–Crippen LogP) is 4.72. The number of aryl methyl sites for hydroxylation is 1. The molecule has 1 amide bonds. The Morgan fingerprint density at radius 1 is 1.05 bits per heavy atom. The molecule has 3 heterocycles. The number of piperazine rings is 1. The molecule has 0 saturated carbocycles. The number of amides is 1. The summed E-state index contributed by atoms with van der Waals surface area (Å²) in [6.07, 6.45) is 0.658. The topological polar surface area (TPSA) is 65.8 Å². The van der Waals surface area contributed by atoms with Crippen LogP contribution in [0.3, 0.4) is 0 Å². The highest BCUT2D eigenvalue weighted by atomic mass is 19.4. The largest absolute Gasteiger partial charge is 0.416 e. The van der Waals surface area contributed by atoms with Gasteiger partial charge in [-0.05, 0) is 61.0 Å². The van der Waals surface area contributed by atoms with Crippen molar-refractivity contribution in [3.05, 3.63) is 83.3 Å². The van der Waals surface area contributed by atoms with Crippen molar-refractivity contribution in [2.24, 2.45) is 0 Å². The fraction of sp³-hybridized carbons (Fsp3) is 0.296. The SMILES string of the molecule is Cc1ccc(C(=O)Nc2cc(CN3CCN(C)CC3)cc(C(F)(F)F)c2)cc1-c1cnc2ccnn2c1. The Labute approximate surface area is 212 Å². The summed E-state index contributed by atoms with van der Waals surface area (Å²) in [6, 6.07) is 10.7. The number of carbonyl (C=O) groups is 1. The number of likely N-dealkylation sites (N-methyl/N-ethyl adjacent to an activating group) is 1. The molecule has 4 aromatic rings. The molecule has 0 unspecified atom stereocenters. The van der Waals surface area contributed by atoms with E-state index in [0.29, 0.717) is 23.3 Å². The first-order valence-corrected chi connectivity index (χ1v) is 12.0. The zero-order chi connectivity index (χ0) is 26.2. The molecule has 1 aliphatic heterocycles. The molecule has 2 aromatic heterocycles. The fourth-order valence-corrected chi connectivity index (χ4v) is 4.51. The lowest BCUT2D eigenvalue weighted by Gasteiger charge is -2.32. The molecule has 192 valence electrons. The van der Waals surface area contributed by atoms with Crippen LogP contribution >= 0.6 is 0 Å². The van der Waals surface area contributed by atoms with E-state index in [0.717, 1.165) is 55.0 Å². The van der Waals surface area contributed by atoms with Crippen molar-refractivity contribution >= 4 is 17.2 Å². The van der Waals surface area contributed by atoms with Gasteiger partial charge in [0.15, 0.2) is 5.65 Å². The fourth-order valence-electron chi connectivity index (χ4n) is 4.51. The Hall–Kier alpha value is -3.76. The first kappa shape index (κ1) is 24.9. The second-order valence-electron chi connectivity index (χ2n) is 9.46. The third-order valence-electron chi connectivity index (χ3n) is 6.64. The summed E-state index contributed by atoms with van der Waals surface area (Å²) in [4.78, 5) is 21.8. The minimum absolute atomic E-state index is 0.116. The van der Waals surface area contributed by atoms with Gasteiger partial charge in [0.05, 0.1) is 11.8 Å². The minimum Gasteiger partial charge on any atom is -0.322 e. The summed E-state index contributed by atoms with van der Waals surface area (Å²) >= 11 is 0. The molecule has 5 rings (SSSR count). The summed E-state index contributed by atoms with van der Waals surface area (Å²) in [7, 11) is 2.03. The molecule has 0 aliphatic carbocycles. The summed E-state index contributed by atoms with van der Waals surface area (Å²) in [6.45, 7) is 5.59. The molecule has 37 heavy (non-hydrogen) atoms. The van der Waals surface area contributed by atoms with E-state index < -0.39 is 17.6 Å². The van der Waals surface area contributed by atoms with Crippen LogP contribution in [0.15, 0.2) is 61.1 Å². The molecule has 0 spiro atoms. The van der Waals surface area contributed by atoms with E-state index in [-0.39, 0.29) is 5.69 Å². The standard InChI is InChI=1S/C27H27F3N6O/c1-18-3-4-20(13-24(18)21-15-31-25-5-6-32-36(25)17-21)26(37)33-23-12-19(11-22(14-23)27(28,29)30)16-35-9-7-34(2)8-10-35/h3-6,11-15,17H,7-10,16H2,1-2H3,(H,33,37). The van der Waals surface area contributed by atoms with Crippen molar-refractivity contribution in [2.75, 3.05) is 38.5 Å². The van der Waals surface area contributed by atoms with Crippen molar-refractivity contribution in [3.63, 3.8) is 0 Å². The third-order valence-corrected chi connectivity index (χ3v) is 6.64. The maximum atomic E-state index is 13.7. The molecule has 10 heteroatoms. The summed E-state index contributed by atoms with van der Waals surface area (Å²) < 4.78 is 42.6. The number of fused-ring (bicyclic) bond motifs is 1. The van der Waals surface area contributed by atoms with Gasteiger partial charge >= 0.3 is 6.18 Å². The van der Waals surface area contributed by atoms with Crippen LogP contribution in [-0.2, 0) is 12.7 Å². The quantitative estimate of drug-likeness (QED) is 0.423. The van der Waals surface area contributed by atoms with Crippen molar-refractivity contribution < 1.29 is 18.0 Å². The zero-order valence-corrected chi connectivity index (χ0v) is 20.6. The maximum absolute atomic E-state index is 13.7. The van der Waals surface area contributed by atoms with Gasteiger partial charge in [-0.1, -0.05) is 6.07 Å². The number of hydrogen-bond acceptors (Lipinski definition) is 5. The lowest BCUT2D eigenvalue weighted by molar-refractivity contribution is -0.137. The van der Waals surface area contributed by atoms with Crippen LogP contribution in [0.2, 0.25) is 0 Å². The van der Waals surface area contributed by atoms with E-state index in [9.17, 15) is 18.0 Å². The molecule has 1 N–H and O–H groups in total. The summed E-state index contributed by atoms with van der Waals surface area (Å²) in [5.74, 6) is -0.487. The number of nitrogens with zero attached hydrogens (tertiary/aromatic N) is 5. The second kappa shape index (κ2) is 9.95. The molecule has 2 aromatic carbocycles. The summed E-state index contributed by atoms with van der Waals surface area (Å²) in [5, 5.41) is 6.89. The van der Waals surface area contributed by atoms with Crippen molar-refractivity contribution in [2.45, 2.75) is 19.6 Å². The molecule has 1 fully saturated rings. The van der Waals surface area contributed by atoms with E-state index in [1.54, 1.807) is 41.2 Å². The number of aromatic nitrogens is 3. The number of nitrogens with one attached hydrogen (secondary N) is 1. The monoisotopic (exact) mass is 508 g/mol.